The van der Waals surface area contributed by atoms with Crippen LogP contribution in [0.4, 0.5) is 0 Å². The molecular formula is C42H26N2O. The van der Waals surface area contributed by atoms with Crippen LogP contribution in [0, 0.1) is 0 Å². The van der Waals surface area contributed by atoms with E-state index in [1.165, 1.54) is 60.4 Å². The van der Waals surface area contributed by atoms with Gasteiger partial charge in [-0.2, -0.15) is 0 Å². The maximum Gasteiger partial charge on any atom is 0.135 e. The molecule has 3 aromatic heterocycles. The van der Waals surface area contributed by atoms with Crippen LogP contribution in [-0.2, 0) is 0 Å². The average Bonchev–Trinajstić information content (AvgIpc) is 3.76. The SMILES string of the molecule is c1ccc(-n2c3ccccc3c3cc(-c4cccc5c6ccccc6n(-c6ccc7oc8ccccc8c7c6)c45)ccc32)cc1. The number of rotatable bonds is 3. The van der Waals surface area contributed by atoms with Crippen molar-refractivity contribution in [1.82, 2.24) is 9.13 Å². The lowest BCUT2D eigenvalue weighted by Gasteiger charge is -2.12. The molecule has 0 radical (unpaired) electrons. The summed E-state index contributed by atoms with van der Waals surface area (Å²) in [5.41, 5.74) is 11.3. The Hall–Kier alpha value is -6.06. The van der Waals surface area contributed by atoms with Crippen molar-refractivity contribution in [3.8, 4) is 22.5 Å². The molecule has 3 heteroatoms. The lowest BCUT2D eigenvalue weighted by molar-refractivity contribution is 0.669. The maximum absolute atomic E-state index is 6.19. The third kappa shape index (κ3) is 3.46. The summed E-state index contributed by atoms with van der Waals surface area (Å²) in [6, 6.07) is 56.6. The van der Waals surface area contributed by atoms with Gasteiger partial charge >= 0.3 is 0 Å². The molecule has 210 valence electrons. The topological polar surface area (TPSA) is 23.0 Å². The Balaban J connectivity index is 1.27. The molecule has 0 N–H and O–H groups in total. The monoisotopic (exact) mass is 574 g/mol. The zero-order chi connectivity index (χ0) is 29.5. The van der Waals surface area contributed by atoms with Crippen LogP contribution in [0.2, 0.25) is 0 Å². The van der Waals surface area contributed by atoms with Crippen molar-refractivity contribution in [2.24, 2.45) is 0 Å². The van der Waals surface area contributed by atoms with Crippen LogP contribution in [0.25, 0.3) is 88.1 Å². The molecule has 0 bridgehead atoms. The van der Waals surface area contributed by atoms with E-state index in [-0.39, 0.29) is 0 Å². The number of para-hydroxylation sites is 5. The summed E-state index contributed by atoms with van der Waals surface area (Å²) in [6.45, 7) is 0. The second-order valence-corrected chi connectivity index (χ2v) is 11.8. The highest BCUT2D eigenvalue weighted by Gasteiger charge is 2.19. The second-order valence-electron chi connectivity index (χ2n) is 11.8. The molecule has 10 aromatic rings. The van der Waals surface area contributed by atoms with E-state index in [2.05, 4.69) is 155 Å². The molecule has 0 atom stereocenters. The minimum Gasteiger partial charge on any atom is -0.456 e. The van der Waals surface area contributed by atoms with Crippen molar-refractivity contribution < 1.29 is 4.42 Å². The highest BCUT2D eigenvalue weighted by atomic mass is 16.3. The van der Waals surface area contributed by atoms with E-state index in [9.17, 15) is 0 Å². The van der Waals surface area contributed by atoms with Gasteiger partial charge in [0, 0.05) is 49.3 Å². The number of aromatic nitrogens is 2. The summed E-state index contributed by atoms with van der Waals surface area (Å²) in [5.74, 6) is 0. The lowest BCUT2D eigenvalue weighted by Crippen LogP contribution is -1.95. The van der Waals surface area contributed by atoms with Crippen molar-refractivity contribution in [3.63, 3.8) is 0 Å². The zero-order valence-electron chi connectivity index (χ0n) is 24.3. The summed E-state index contributed by atoms with van der Waals surface area (Å²) in [7, 11) is 0. The quantitative estimate of drug-likeness (QED) is 0.206. The molecule has 10 rings (SSSR count). The largest absolute Gasteiger partial charge is 0.456 e. The summed E-state index contributed by atoms with van der Waals surface area (Å²) in [5, 5.41) is 7.25. The Labute approximate surface area is 258 Å². The van der Waals surface area contributed by atoms with Crippen LogP contribution in [-0.4, -0.2) is 9.13 Å². The van der Waals surface area contributed by atoms with Gasteiger partial charge in [0.2, 0.25) is 0 Å². The third-order valence-electron chi connectivity index (χ3n) is 9.31. The number of benzene rings is 7. The highest BCUT2D eigenvalue weighted by Crippen LogP contribution is 2.41. The molecule has 0 fully saturated rings. The number of nitrogens with zero attached hydrogens (tertiary/aromatic N) is 2. The number of furan rings is 1. The Kier molecular flexibility index (Phi) is 5.00. The van der Waals surface area contributed by atoms with Gasteiger partial charge in [0.05, 0.1) is 22.1 Å². The number of hydrogen-bond donors (Lipinski definition) is 0. The molecule has 0 amide bonds. The first-order valence-corrected chi connectivity index (χ1v) is 15.4. The van der Waals surface area contributed by atoms with E-state index in [0.717, 1.165) is 27.6 Å². The Morgan fingerprint density at radius 3 is 1.84 bits per heavy atom. The van der Waals surface area contributed by atoms with Crippen molar-refractivity contribution in [3.05, 3.63) is 158 Å². The first kappa shape index (κ1) is 24.4. The van der Waals surface area contributed by atoms with Gasteiger partial charge in [-0.15, -0.1) is 0 Å². The Morgan fingerprint density at radius 2 is 1.00 bits per heavy atom. The summed E-state index contributed by atoms with van der Waals surface area (Å²) < 4.78 is 11.0. The van der Waals surface area contributed by atoms with Crippen LogP contribution >= 0.6 is 0 Å². The normalized spacial score (nSPS) is 12.0. The predicted molar refractivity (Wildman–Crippen MR) is 188 cm³/mol. The first-order chi connectivity index (χ1) is 22.3. The standard InChI is InChI=1S/C42H26N2O/c1-2-11-28(12-3-1)43-37-18-7-5-14-32(37)35-25-27(21-23-39(35)43)30-16-10-17-34-31-13-4-8-19-38(31)44(42(30)34)29-22-24-41-36(26-29)33-15-6-9-20-40(33)45-41/h1-26H. The van der Waals surface area contributed by atoms with E-state index < -0.39 is 0 Å². The van der Waals surface area contributed by atoms with Crippen LogP contribution in [0.5, 0.6) is 0 Å². The van der Waals surface area contributed by atoms with Gasteiger partial charge in [-0.25, -0.2) is 0 Å². The Bertz CT molecular complexity index is 2760. The number of fused-ring (bicyclic) bond motifs is 9. The molecule has 3 nitrogen and oxygen atoms in total. The van der Waals surface area contributed by atoms with Crippen LogP contribution in [0.15, 0.2) is 162 Å². The molecule has 0 aliphatic rings. The molecular weight excluding hydrogens is 548 g/mol. The maximum atomic E-state index is 6.19. The van der Waals surface area contributed by atoms with Gasteiger partial charge in [0.15, 0.2) is 0 Å². The van der Waals surface area contributed by atoms with Gasteiger partial charge < -0.3 is 13.6 Å². The van der Waals surface area contributed by atoms with Crippen molar-refractivity contribution in [1.29, 1.82) is 0 Å². The minimum absolute atomic E-state index is 0.904. The van der Waals surface area contributed by atoms with Gasteiger partial charge in [0.25, 0.3) is 0 Å². The zero-order valence-corrected chi connectivity index (χ0v) is 24.3. The van der Waals surface area contributed by atoms with Crippen LogP contribution in [0.1, 0.15) is 0 Å². The lowest BCUT2D eigenvalue weighted by atomic mass is 10.00. The van der Waals surface area contributed by atoms with Gasteiger partial charge in [-0.3, -0.25) is 0 Å². The highest BCUT2D eigenvalue weighted by molar-refractivity contribution is 6.16. The van der Waals surface area contributed by atoms with Crippen LogP contribution < -0.4 is 0 Å². The van der Waals surface area contributed by atoms with E-state index in [4.69, 9.17) is 4.42 Å². The fourth-order valence-electron chi connectivity index (χ4n) is 7.37. The van der Waals surface area contributed by atoms with E-state index in [1.807, 2.05) is 12.1 Å². The molecule has 0 aliphatic heterocycles. The molecule has 45 heavy (non-hydrogen) atoms. The van der Waals surface area contributed by atoms with E-state index >= 15 is 0 Å². The summed E-state index contributed by atoms with van der Waals surface area (Å²) in [4.78, 5) is 0. The minimum atomic E-state index is 0.904. The van der Waals surface area contributed by atoms with Crippen molar-refractivity contribution >= 4 is 65.6 Å². The Morgan fingerprint density at radius 1 is 0.356 bits per heavy atom. The summed E-state index contributed by atoms with van der Waals surface area (Å²) in [6.07, 6.45) is 0. The molecule has 0 saturated carbocycles. The molecule has 0 spiro atoms. The molecule has 0 aliphatic carbocycles. The predicted octanol–water partition coefficient (Wildman–Crippen LogP) is 11.4. The fraction of sp³-hybridized carbons (Fsp3) is 0. The van der Waals surface area contributed by atoms with E-state index in [1.54, 1.807) is 0 Å². The fourth-order valence-corrected chi connectivity index (χ4v) is 7.37. The molecule has 3 heterocycles. The average molecular weight is 575 g/mol. The van der Waals surface area contributed by atoms with Gasteiger partial charge in [0.1, 0.15) is 11.2 Å². The summed E-state index contributed by atoms with van der Waals surface area (Å²) >= 11 is 0. The van der Waals surface area contributed by atoms with E-state index in [0.29, 0.717) is 0 Å². The molecule has 7 aromatic carbocycles. The third-order valence-corrected chi connectivity index (χ3v) is 9.31. The van der Waals surface area contributed by atoms with Gasteiger partial charge in [-0.1, -0.05) is 97.1 Å². The van der Waals surface area contributed by atoms with Crippen molar-refractivity contribution in [2.75, 3.05) is 0 Å². The smallest absolute Gasteiger partial charge is 0.135 e. The van der Waals surface area contributed by atoms with Gasteiger partial charge in [-0.05, 0) is 66.2 Å². The first-order valence-electron chi connectivity index (χ1n) is 15.4. The molecule has 0 unspecified atom stereocenters. The number of hydrogen-bond acceptors (Lipinski definition) is 1. The van der Waals surface area contributed by atoms with Crippen molar-refractivity contribution in [2.45, 2.75) is 0 Å². The second kappa shape index (κ2) is 9.22. The van der Waals surface area contributed by atoms with Crippen LogP contribution in [0.3, 0.4) is 0 Å². The molecule has 0 saturated heterocycles.